The van der Waals surface area contributed by atoms with Crippen molar-refractivity contribution in [1.82, 2.24) is 14.5 Å². The smallest absolute Gasteiger partial charge is 0.359 e. The largest absolute Gasteiger partial charge is 0.481 e. The quantitative estimate of drug-likeness (QED) is 0.265. The lowest BCUT2D eigenvalue weighted by molar-refractivity contribution is -0.156. The van der Waals surface area contributed by atoms with Gasteiger partial charge in [0.1, 0.15) is 16.6 Å². The molecule has 1 aromatic carbocycles. The van der Waals surface area contributed by atoms with Gasteiger partial charge in [0.2, 0.25) is 0 Å². The summed E-state index contributed by atoms with van der Waals surface area (Å²) in [7, 11) is 1.77. The highest BCUT2D eigenvalue weighted by atomic mass is 35.5. The number of ether oxygens (including phenoxy) is 1. The summed E-state index contributed by atoms with van der Waals surface area (Å²) in [5.74, 6) is -0.593. The van der Waals surface area contributed by atoms with Gasteiger partial charge in [0.25, 0.3) is 5.56 Å². The van der Waals surface area contributed by atoms with Crippen LogP contribution in [-0.2, 0) is 22.0 Å². The first-order valence-corrected chi connectivity index (χ1v) is 14.4. The van der Waals surface area contributed by atoms with E-state index >= 15 is 0 Å². The molecule has 3 aromatic rings. The standard InChI is InChI=1S/C31H37ClN4O5/c1-17-15-19(18(2)33-21-7-8-22(32)34-24(21)26(38)41-29(3,4)5)23-20(16-17)25(37)36(6)27(35-23)30-9-12-31(13-10-30,14-11-30)28(39)40/h7-8,15-16,18,33H,9-14H2,1-6H3,(H,39,40)/t18-,30?,31?/m1/s1. The van der Waals surface area contributed by atoms with Crippen LogP contribution in [0.3, 0.4) is 0 Å². The number of rotatable bonds is 6. The third-order valence-corrected chi connectivity index (χ3v) is 9.03. The zero-order chi connectivity index (χ0) is 29.9. The zero-order valence-corrected chi connectivity index (χ0v) is 25.2. The highest BCUT2D eigenvalue weighted by Gasteiger charge is 2.54. The molecule has 6 rings (SSSR count). The van der Waals surface area contributed by atoms with E-state index in [0.717, 1.165) is 11.1 Å². The number of aromatic nitrogens is 3. The van der Waals surface area contributed by atoms with Crippen molar-refractivity contribution in [3.63, 3.8) is 0 Å². The van der Waals surface area contributed by atoms with Crippen LogP contribution in [0.25, 0.3) is 10.9 Å². The van der Waals surface area contributed by atoms with Gasteiger partial charge in [0.15, 0.2) is 5.69 Å². The Morgan fingerprint density at radius 3 is 2.32 bits per heavy atom. The number of halogens is 1. The summed E-state index contributed by atoms with van der Waals surface area (Å²) in [6.07, 6.45) is 3.84. The molecule has 0 unspecified atom stereocenters. The van der Waals surface area contributed by atoms with Crippen molar-refractivity contribution in [2.45, 2.75) is 90.2 Å². The van der Waals surface area contributed by atoms with Crippen LogP contribution >= 0.6 is 11.6 Å². The second-order valence-corrected chi connectivity index (χ2v) is 13.2. The molecule has 2 heterocycles. The Bertz CT molecular complexity index is 1600. The minimum Gasteiger partial charge on any atom is -0.481 e. The van der Waals surface area contributed by atoms with E-state index in [1.54, 1.807) is 44.5 Å². The van der Waals surface area contributed by atoms with Gasteiger partial charge >= 0.3 is 11.9 Å². The van der Waals surface area contributed by atoms with Gasteiger partial charge in [-0.3, -0.25) is 14.2 Å². The summed E-state index contributed by atoms with van der Waals surface area (Å²) < 4.78 is 7.22. The molecule has 3 aliphatic carbocycles. The van der Waals surface area contributed by atoms with Gasteiger partial charge in [-0.1, -0.05) is 17.7 Å². The lowest BCUT2D eigenvalue weighted by atomic mass is 9.53. The molecule has 1 atom stereocenters. The molecule has 2 aromatic heterocycles. The first-order chi connectivity index (χ1) is 19.1. The molecule has 218 valence electrons. The predicted octanol–water partition coefficient (Wildman–Crippen LogP) is 6.10. The Morgan fingerprint density at radius 2 is 1.73 bits per heavy atom. The summed E-state index contributed by atoms with van der Waals surface area (Å²) in [5.41, 5.74) is 1.03. The van der Waals surface area contributed by atoms with E-state index in [-0.39, 0.29) is 27.9 Å². The Morgan fingerprint density at radius 1 is 1.10 bits per heavy atom. The second kappa shape index (κ2) is 10.1. The molecule has 0 saturated heterocycles. The van der Waals surface area contributed by atoms with Crippen molar-refractivity contribution in [3.05, 3.63) is 62.4 Å². The number of pyridine rings is 1. The number of carboxylic acids is 1. The minimum absolute atomic E-state index is 0.0750. The molecule has 2 N–H and O–H groups in total. The number of anilines is 1. The van der Waals surface area contributed by atoms with Crippen LogP contribution in [0.1, 0.15) is 99.7 Å². The molecule has 0 amide bonds. The third kappa shape index (κ3) is 5.20. The average Bonchev–Trinajstić information content (AvgIpc) is 2.91. The molecule has 0 radical (unpaired) electrons. The number of aliphatic carboxylic acids is 1. The third-order valence-electron chi connectivity index (χ3n) is 8.82. The highest BCUT2D eigenvalue weighted by molar-refractivity contribution is 6.29. The summed E-state index contributed by atoms with van der Waals surface area (Å²) in [6, 6.07) is 6.80. The van der Waals surface area contributed by atoms with E-state index < -0.39 is 23.0 Å². The van der Waals surface area contributed by atoms with E-state index in [1.165, 1.54) is 0 Å². The van der Waals surface area contributed by atoms with E-state index in [4.69, 9.17) is 21.3 Å². The van der Waals surface area contributed by atoms with Crippen LogP contribution in [0.15, 0.2) is 29.1 Å². The van der Waals surface area contributed by atoms with Gasteiger partial charge in [-0.15, -0.1) is 0 Å². The number of benzene rings is 1. The number of aryl methyl sites for hydroxylation is 1. The van der Waals surface area contributed by atoms with E-state index in [0.29, 0.717) is 60.9 Å². The van der Waals surface area contributed by atoms with Gasteiger partial charge < -0.3 is 15.2 Å². The Balaban J connectivity index is 1.57. The number of carbonyl (C=O) groups excluding carboxylic acids is 1. The number of esters is 1. The van der Waals surface area contributed by atoms with E-state index in [1.807, 2.05) is 26.0 Å². The number of fused-ring (bicyclic) bond motifs is 4. The molecule has 2 bridgehead atoms. The highest BCUT2D eigenvalue weighted by Crippen LogP contribution is 2.57. The molecule has 3 saturated carbocycles. The summed E-state index contributed by atoms with van der Waals surface area (Å²) in [5, 5.41) is 13.9. The number of nitrogens with zero attached hydrogens (tertiary/aromatic N) is 3. The van der Waals surface area contributed by atoms with Crippen LogP contribution < -0.4 is 10.9 Å². The van der Waals surface area contributed by atoms with Crippen molar-refractivity contribution in [2.75, 3.05) is 5.32 Å². The SMILES string of the molecule is Cc1cc([C@@H](C)Nc2ccc(Cl)nc2C(=O)OC(C)(C)C)c2nc(C34CCC(C(=O)O)(CC3)CC4)n(C)c(=O)c2c1. The van der Waals surface area contributed by atoms with Crippen LogP contribution in [0.5, 0.6) is 0 Å². The van der Waals surface area contributed by atoms with Gasteiger partial charge in [0.05, 0.1) is 28.0 Å². The van der Waals surface area contributed by atoms with E-state index in [2.05, 4.69) is 10.3 Å². The average molecular weight is 581 g/mol. The van der Waals surface area contributed by atoms with Crippen molar-refractivity contribution in [2.24, 2.45) is 12.5 Å². The van der Waals surface area contributed by atoms with Gasteiger partial charge in [-0.2, -0.15) is 0 Å². The molecule has 0 spiro atoms. The lowest BCUT2D eigenvalue weighted by Crippen LogP contribution is -2.50. The molecule has 41 heavy (non-hydrogen) atoms. The monoisotopic (exact) mass is 580 g/mol. The van der Waals surface area contributed by atoms with Crippen molar-refractivity contribution in [1.29, 1.82) is 0 Å². The fourth-order valence-electron chi connectivity index (χ4n) is 6.54. The Kier molecular flexibility index (Phi) is 7.17. The lowest BCUT2D eigenvalue weighted by Gasteiger charge is -2.51. The maximum absolute atomic E-state index is 13.8. The topological polar surface area (TPSA) is 123 Å². The van der Waals surface area contributed by atoms with E-state index in [9.17, 15) is 19.5 Å². The fourth-order valence-corrected chi connectivity index (χ4v) is 6.69. The Labute approximate surface area is 244 Å². The normalized spacial score (nSPS) is 22.9. The summed E-state index contributed by atoms with van der Waals surface area (Å²) in [4.78, 5) is 48.2. The zero-order valence-electron chi connectivity index (χ0n) is 24.4. The maximum atomic E-state index is 13.8. The van der Waals surface area contributed by atoms with Gasteiger partial charge in [-0.05, 0) is 96.9 Å². The molecule has 0 aliphatic heterocycles. The number of hydrogen-bond acceptors (Lipinski definition) is 7. The first-order valence-electron chi connectivity index (χ1n) is 14.1. The van der Waals surface area contributed by atoms with Crippen LogP contribution in [-0.4, -0.2) is 37.2 Å². The molecule has 10 heteroatoms. The van der Waals surface area contributed by atoms with Crippen molar-refractivity contribution >= 4 is 40.1 Å². The molecular formula is C31H37ClN4O5. The number of carbonyl (C=O) groups is 2. The fraction of sp³-hybridized carbons (Fsp3) is 0.516. The summed E-state index contributed by atoms with van der Waals surface area (Å²) >= 11 is 6.14. The molecule has 9 nitrogen and oxygen atoms in total. The predicted molar refractivity (Wildman–Crippen MR) is 158 cm³/mol. The number of carboxylic acid groups (broad SMARTS) is 1. The van der Waals surface area contributed by atoms with Crippen LogP contribution in [0, 0.1) is 12.3 Å². The first kappa shape index (κ1) is 29.0. The summed E-state index contributed by atoms with van der Waals surface area (Å²) in [6.45, 7) is 9.24. The van der Waals surface area contributed by atoms with Crippen LogP contribution in [0.4, 0.5) is 5.69 Å². The number of nitrogens with one attached hydrogen (secondary N) is 1. The molecule has 3 fully saturated rings. The van der Waals surface area contributed by atoms with Crippen LogP contribution in [0.2, 0.25) is 5.15 Å². The van der Waals surface area contributed by atoms with Gasteiger partial charge in [-0.25, -0.2) is 14.8 Å². The maximum Gasteiger partial charge on any atom is 0.359 e. The number of hydrogen-bond donors (Lipinski definition) is 2. The second-order valence-electron chi connectivity index (χ2n) is 12.8. The van der Waals surface area contributed by atoms with Gasteiger partial charge in [0, 0.05) is 18.0 Å². The van der Waals surface area contributed by atoms with Crippen molar-refractivity contribution in [3.8, 4) is 0 Å². The van der Waals surface area contributed by atoms with Crippen molar-refractivity contribution < 1.29 is 19.4 Å². The minimum atomic E-state index is -0.716. The molecule has 3 aliphatic rings. The molecular weight excluding hydrogens is 544 g/mol. The Hall–Kier alpha value is -3.46.